The number of sulfonamides is 1. The van der Waals surface area contributed by atoms with Crippen LogP contribution in [0.3, 0.4) is 0 Å². The molecule has 1 unspecified atom stereocenters. The molecule has 114 valence electrons. The van der Waals surface area contributed by atoms with Gasteiger partial charge in [-0.05, 0) is 55.0 Å². The molecule has 1 rings (SSSR count). The highest BCUT2D eigenvalue weighted by Crippen LogP contribution is 2.12. The summed E-state index contributed by atoms with van der Waals surface area (Å²) in [5, 5.41) is 0. The lowest BCUT2D eigenvalue weighted by atomic mass is 10.1. The summed E-state index contributed by atoms with van der Waals surface area (Å²) in [5.41, 5.74) is 6.58. The molecule has 1 aromatic carbocycles. The van der Waals surface area contributed by atoms with Crippen molar-refractivity contribution in [3.05, 3.63) is 29.8 Å². The van der Waals surface area contributed by atoms with Gasteiger partial charge in [0.2, 0.25) is 10.0 Å². The fourth-order valence-electron chi connectivity index (χ4n) is 1.82. The van der Waals surface area contributed by atoms with E-state index in [0.717, 1.165) is 24.2 Å². The predicted octanol–water partition coefficient (Wildman–Crippen LogP) is 1.86. The summed E-state index contributed by atoms with van der Waals surface area (Å²) in [5.74, 6) is 1.27. The molecule has 0 saturated heterocycles. The van der Waals surface area contributed by atoms with E-state index in [9.17, 15) is 8.42 Å². The maximum atomic E-state index is 12.1. The van der Waals surface area contributed by atoms with Crippen LogP contribution in [0, 0.1) is 5.92 Å². The maximum Gasteiger partial charge on any atom is 0.240 e. The van der Waals surface area contributed by atoms with E-state index in [2.05, 4.69) is 4.72 Å². The van der Waals surface area contributed by atoms with Crippen LogP contribution in [0.25, 0.3) is 0 Å². The van der Waals surface area contributed by atoms with Crippen LogP contribution in [-0.4, -0.2) is 33.5 Å². The van der Waals surface area contributed by atoms with Crippen molar-refractivity contribution in [1.29, 1.82) is 0 Å². The van der Waals surface area contributed by atoms with Crippen molar-refractivity contribution in [2.45, 2.75) is 24.7 Å². The summed E-state index contributed by atoms with van der Waals surface area (Å²) < 4.78 is 26.9. The second-order valence-corrected chi connectivity index (χ2v) is 7.63. The summed E-state index contributed by atoms with van der Waals surface area (Å²) in [6, 6.07) is 7.03. The molecule has 0 aliphatic carbocycles. The highest BCUT2D eigenvalue weighted by atomic mass is 32.2. The predicted molar refractivity (Wildman–Crippen MR) is 86.6 cm³/mol. The minimum atomic E-state index is -3.39. The van der Waals surface area contributed by atoms with Gasteiger partial charge in [-0.1, -0.05) is 19.1 Å². The minimum Gasteiger partial charge on any atom is -0.330 e. The Balaban J connectivity index is 2.63. The lowest BCUT2D eigenvalue weighted by Gasteiger charge is -2.12. The smallest absolute Gasteiger partial charge is 0.240 e. The molecule has 0 amide bonds. The third-order valence-corrected chi connectivity index (χ3v) is 5.32. The molecule has 0 aliphatic heterocycles. The zero-order valence-electron chi connectivity index (χ0n) is 12.1. The number of nitrogens with one attached hydrogen (secondary N) is 1. The minimum absolute atomic E-state index is 0.323. The first-order valence-corrected chi connectivity index (χ1v) is 9.65. The van der Waals surface area contributed by atoms with Crippen LogP contribution in [-0.2, 0) is 16.4 Å². The summed E-state index contributed by atoms with van der Waals surface area (Å²) in [7, 11) is -3.39. The van der Waals surface area contributed by atoms with E-state index in [0.29, 0.717) is 23.9 Å². The van der Waals surface area contributed by atoms with Crippen LogP contribution < -0.4 is 10.5 Å². The molecule has 6 heteroatoms. The molecule has 0 fully saturated rings. The fraction of sp³-hybridized carbons (Fsp3) is 0.571. The summed E-state index contributed by atoms with van der Waals surface area (Å²) in [4.78, 5) is 0.324. The van der Waals surface area contributed by atoms with Crippen LogP contribution in [0.5, 0.6) is 0 Å². The molecule has 0 aliphatic rings. The molecule has 0 saturated carbocycles. The number of nitrogens with two attached hydrogens (primary N) is 1. The van der Waals surface area contributed by atoms with Gasteiger partial charge in [0.05, 0.1) is 4.90 Å². The topological polar surface area (TPSA) is 72.2 Å². The van der Waals surface area contributed by atoms with Crippen LogP contribution in [0.1, 0.15) is 18.9 Å². The van der Waals surface area contributed by atoms with Gasteiger partial charge in [-0.25, -0.2) is 13.1 Å². The van der Waals surface area contributed by atoms with Gasteiger partial charge in [-0.3, -0.25) is 0 Å². The van der Waals surface area contributed by atoms with Crippen LogP contribution in [0.4, 0.5) is 0 Å². The van der Waals surface area contributed by atoms with E-state index in [4.69, 9.17) is 5.73 Å². The number of hydrogen-bond acceptors (Lipinski definition) is 4. The van der Waals surface area contributed by atoms with E-state index < -0.39 is 10.0 Å². The van der Waals surface area contributed by atoms with Gasteiger partial charge in [-0.2, -0.15) is 11.8 Å². The Labute approximate surface area is 126 Å². The van der Waals surface area contributed by atoms with Gasteiger partial charge >= 0.3 is 0 Å². The van der Waals surface area contributed by atoms with E-state index in [-0.39, 0.29) is 0 Å². The van der Waals surface area contributed by atoms with Crippen molar-refractivity contribution in [2.24, 2.45) is 11.7 Å². The summed E-state index contributed by atoms with van der Waals surface area (Å²) in [6.07, 6.45) is 3.82. The van der Waals surface area contributed by atoms with E-state index in [1.54, 1.807) is 23.9 Å². The van der Waals surface area contributed by atoms with Crippen LogP contribution in [0.2, 0.25) is 0 Å². The first-order valence-electron chi connectivity index (χ1n) is 6.77. The summed E-state index contributed by atoms with van der Waals surface area (Å²) >= 11 is 1.72. The van der Waals surface area contributed by atoms with E-state index >= 15 is 0 Å². The first-order chi connectivity index (χ1) is 9.49. The highest BCUT2D eigenvalue weighted by molar-refractivity contribution is 7.98. The Morgan fingerprint density at radius 3 is 2.50 bits per heavy atom. The first kappa shape index (κ1) is 17.5. The van der Waals surface area contributed by atoms with Gasteiger partial charge < -0.3 is 5.73 Å². The molecule has 0 aromatic heterocycles. The third-order valence-electron chi connectivity index (χ3n) is 2.98. The Bertz CT molecular complexity index is 486. The highest BCUT2D eigenvalue weighted by Gasteiger charge is 2.14. The lowest BCUT2D eigenvalue weighted by molar-refractivity contribution is 0.562. The van der Waals surface area contributed by atoms with Crippen molar-refractivity contribution in [1.82, 2.24) is 4.72 Å². The molecule has 1 aromatic rings. The number of thioether (sulfide) groups is 1. The summed E-state index contributed by atoms with van der Waals surface area (Å²) in [6.45, 7) is 3.15. The Hall–Kier alpha value is -0.560. The SMILES string of the molecule is CSCC(C)CNS(=O)(=O)c1ccc(CCCN)cc1. The van der Waals surface area contributed by atoms with Crippen molar-refractivity contribution < 1.29 is 8.42 Å². The maximum absolute atomic E-state index is 12.1. The second kappa shape index (κ2) is 8.67. The normalized spacial score (nSPS) is 13.3. The average molecular weight is 316 g/mol. The molecule has 1 atom stereocenters. The van der Waals surface area contributed by atoms with Crippen molar-refractivity contribution in [2.75, 3.05) is 25.1 Å². The quantitative estimate of drug-likeness (QED) is 0.729. The molecule has 0 heterocycles. The number of aryl methyl sites for hydroxylation is 1. The van der Waals surface area contributed by atoms with Gasteiger partial charge in [-0.15, -0.1) is 0 Å². The fourth-order valence-corrected chi connectivity index (χ4v) is 3.67. The average Bonchev–Trinajstić information content (AvgIpc) is 2.44. The molecule has 0 spiro atoms. The van der Waals surface area contributed by atoms with Crippen molar-refractivity contribution >= 4 is 21.8 Å². The van der Waals surface area contributed by atoms with E-state index in [1.165, 1.54) is 0 Å². The molecule has 3 N–H and O–H groups in total. The molecule has 0 bridgehead atoms. The number of benzene rings is 1. The molecular weight excluding hydrogens is 292 g/mol. The third kappa shape index (κ3) is 5.83. The van der Waals surface area contributed by atoms with Crippen LogP contribution >= 0.6 is 11.8 Å². The number of rotatable bonds is 9. The van der Waals surface area contributed by atoms with Crippen molar-refractivity contribution in [3.8, 4) is 0 Å². The van der Waals surface area contributed by atoms with Crippen LogP contribution in [0.15, 0.2) is 29.2 Å². The second-order valence-electron chi connectivity index (χ2n) is 4.95. The molecular formula is C14H24N2O2S2. The standard InChI is InChI=1S/C14H24N2O2S2/c1-12(11-19-2)10-16-20(17,18)14-7-5-13(6-8-14)4-3-9-15/h5-8,12,16H,3-4,9-11,15H2,1-2H3. The zero-order valence-corrected chi connectivity index (χ0v) is 13.8. The molecule has 0 radical (unpaired) electrons. The van der Waals surface area contributed by atoms with Gasteiger partial charge in [0.25, 0.3) is 0 Å². The molecule has 4 nitrogen and oxygen atoms in total. The monoisotopic (exact) mass is 316 g/mol. The van der Waals surface area contributed by atoms with Gasteiger partial charge in [0.1, 0.15) is 0 Å². The van der Waals surface area contributed by atoms with E-state index in [1.807, 2.05) is 25.3 Å². The van der Waals surface area contributed by atoms with Crippen molar-refractivity contribution in [3.63, 3.8) is 0 Å². The number of hydrogen-bond donors (Lipinski definition) is 2. The Morgan fingerprint density at radius 1 is 1.30 bits per heavy atom. The molecule has 20 heavy (non-hydrogen) atoms. The van der Waals surface area contributed by atoms with Gasteiger partial charge in [0.15, 0.2) is 0 Å². The Kier molecular flexibility index (Phi) is 7.58. The zero-order chi connectivity index (χ0) is 15.0. The largest absolute Gasteiger partial charge is 0.330 e. The Morgan fingerprint density at radius 2 is 1.95 bits per heavy atom. The lowest BCUT2D eigenvalue weighted by Crippen LogP contribution is -2.29. The van der Waals surface area contributed by atoms with Gasteiger partial charge in [0, 0.05) is 6.54 Å².